The van der Waals surface area contributed by atoms with Gasteiger partial charge in [-0.3, -0.25) is 0 Å². The van der Waals surface area contributed by atoms with Crippen LogP contribution in [0.4, 0.5) is 0 Å². The summed E-state index contributed by atoms with van der Waals surface area (Å²) in [7, 11) is 0. The number of nitrogens with one attached hydrogen (secondary N) is 2. The molecule has 0 atom stereocenters. The lowest BCUT2D eigenvalue weighted by atomic mass is 10.3. The number of carboxylic acids is 1. The van der Waals surface area contributed by atoms with Gasteiger partial charge in [-0.1, -0.05) is 6.08 Å². The van der Waals surface area contributed by atoms with Crippen molar-refractivity contribution >= 4 is 18.2 Å². The summed E-state index contributed by atoms with van der Waals surface area (Å²) in [5, 5.41) is 13.4. The van der Waals surface area contributed by atoms with Crippen molar-refractivity contribution in [1.82, 2.24) is 10.3 Å². The Labute approximate surface area is 68.2 Å². The summed E-state index contributed by atoms with van der Waals surface area (Å²) in [4.78, 5) is 13.3. The van der Waals surface area contributed by atoms with Crippen LogP contribution in [0.1, 0.15) is 10.5 Å². The molecule has 0 radical (unpaired) electrons. The van der Waals surface area contributed by atoms with Gasteiger partial charge in [0.05, 0.1) is 5.35 Å². The van der Waals surface area contributed by atoms with Crippen LogP contribution in [0, 0.1) is 0 Å². The normalized spacial score (nSPS) is 13.7. The van der Waals surface area contributed by atoms with E-state index in [1.165, 1.54) is 0 Å². The van der Waals surface area contributed by atoms with Gasteiger partial charge in [0, 0.05) is 12.7 Å². The lowest BCUT2D eigenvalue weighted by Gasteiger charge is -1.96. The highest BCUT2D eigenvalue weighted by Gasteiger charge is 2.05. The number of carbonyl (C=O) groups is 1. The van der Waals surface area contributed by atoms with Crippen molar-refractivity contribution in [1.29, 1.82) is 0 Å². The van der Waals surface area contributed by atoms with Crippen LogP contribution in [0.25, 0.3) is 12.3 Å². The number of hydrogen-bond donors (Lipinski definition) is 3. The minimum atomic E-state index is -0.925. The van der Waals surface area contributed by atoms with Gasteiger partial charge in [-0.05, 0) is 11.3 Å². The van der Waals surface area contributed by atoms with E-state index in [4.69, 9.17) is 5.11 Å². The van der Waals surface area contributed by atoms with Gasteiger partial charge in [-0.25, -0.2) is 4.79 Å². The van der Waals surface area contributed by atoms with Crippen LogP contribution < -0.4 is 15.9 Å². The molecule has 0 aromatic carbocycles. The molecule has 2 rings (SSSR count). The standard InChI is InChI=1S/C8H8N2O2/c11-8(12)6-3-5-1-2-9-4-7(5)10-6/h1,3-4,9-10H,2H2,(H,11,12). The average Bonchev–Trinajstić information content (AvgIpc) is 2.46. The fourth-order valence-electron chi connectivity index (χ4n) is 1.22. The van der Waals surface area contributed by atoms with Crippen LogP contribution in [0.5, 0.6) is 0 Å². The molecule has 62 valence electrons. The summed E-state index contributed by atoms with van der Waals surface area (Å²) in [6.07, 6.45) is 3.72. The molecule has 2 heterocycles. The summed E-state index contributed by atoms with van der Waals surface area (Å²) in [6.45, 7) is 0.754. The van der Waals surface area contributed by atoms with Crippen molar-refractivity contribution in [3.05, 3.63) is 22.3 Å². The minimum Gasteiger partial charge on any atom is -0.477 e. The van der Waals surface area contributed by atoms with E-state index in [2.05, 4.69) is 10.3 Å². The molecule has 4 nitrogen and oxygen atoms in total. The third kappa shape index (κ3) is 0.972. The predicted octanol–water partition coefficient (Wildman–Crippen LogP) is -1.17. The van der Waals surface area contributed by atoms with Gasteiger partial charge in [-0.15, -0.1) is 0 Å². The molecular weight excluding hydrogens is 156 g/mol. The highest BCUT2D eigenvalue weighted by atomic mass is 16.4. The van der Waals surface area contributed by atoms with Crippen molar-refractivity contribution in [3.63, 3.8) is 0 Å². The first kappa shape index (κ1) is 6.97. The Morgan fingerprint density at radius 2 is 2.42 bits per heavy atom. The smallest absolute Gasteiger partial charge is 0.352 e. The van der Waals surface area contributed by atoms with E-state index in [0.717, 1.165) is 17.1 Å². The summed E-state index contributed by atoms with van der Waals surface area (Å²) in [5.41, 5.74) is 0.233. The minimum absolute atomic E-state index is 0.233. The number of carboxylic acid groups (broad SMARTS) is 1. The van der Waals surface area contributed by atoms with Gasteiger partial charge in [0.25, 0.3) is 0 Å². The second-order valence-electron chi connectivity index (χ2n) is 2.61. The number of aromatic nitrogens is 1. The third-order valence-electron chi connectivity index (χ3n) is 1.80. The van der Waals surface area contributed by atoms with Gasteiger partial charge in [0.1, 0.15) is 5.69 Å². The van der Waals surface area contributed by atoms with Crippen LogP contribution in [0.15, 0.2) is 6.07 Å². The molecule has 12 heavy (non-hydrogen) atoms. The quantitative estimate of drug-likeness (QED) is 0.490. The summed E-state index contributed by atoms with van der Waals surface area (Å²) in [6, 6.07) is 1.63. The molecule has 0 spiro atoms. The highest BCUT2D eigenvalue weighted by Crippen LogP contribution is 1.86. The maximum atomic E-state index is 10.5. The maximum Gasteiger partial charge on any atom is 0.352 e. The van der Waals surface area contributed by atoms with Crippen molar-refractivity contribution < 1.29 is 9.90 Å². The molecule has 0 unspecified atom stereocenters. The SMILES string of the molecule is O=C(O)c1cc2c([nH]1)=CNCC=2. The van der Waals surface area contributed by atoms with Crippen molar-refractivity contribution in [2.75, 3.05) is 6.54 Å². The van der Waals surface area contributed by atoms with Crippen LogP contribution in [0.2, 0.25) is 0 Å². The average molecular weight is 164 g/mol. The largest absolute Gasteiger partial charge is 0.477 e. The Balaban J connectivity index is 2.68. The molecule has 3 N–H and O–H groups in total. The molecule has 4 heteroatoms. The summed E-state index contributed by atoms with van der Waals surface area (Å²) in [5.74, 6) is -0.925. The number of fused-ring (bicyclic) bond motifs is 1. The Morgan fingerprint density at radius 3 is 3.08 bits per heavy atom. The third-order valence-corrected chi connectivity index (χ3v) is 1.80. The number of H-pyrrole nitrogens is 1. The zero-order valence-corrected chi connectivity index (χ0v) is 6.29. The Morgan fingerprint density at radius 1 is 1.58 bits per heavy atom. The van der Waals surface area contributed by atoms with Gasteiger partial charge in [0.15, 0.2) is 0 Å². The molecule has 0 saturated heterocycles. The number of hydrogen-bond acceptors (Lipinski definition) is 2. The summed E-state index contributed by atoms with van der Waals surface area (Å²) < 4.78 is 0. The van der Waals surface area contributed by atoms with E-state index >= 15 is 0 Å². The Hall–Kier alpha value is -1.71. The number of aromatic carboxylic acids is 1. The zero-order chi connectivity index (χ0) is 8.55. The van der Waals surface area contributed by atoms with Gasteiger partial charge in [-0.2, -0.15) is 0 Å². The lowest BCUT2D eigenvalue weighted by Crippen LogP contribution is -2.31. The fraction of sp³-hybridized carbons (Fsp3) is 0.125. The fourth-order valence-corrected chi connectivity index (χ4v) is 1.22. The van der Waals surface area contributed by atoms with Crippen molar-refractivity contribution in [2.45, 2.75) is 0 Å². The number of aromatic amines is 1. The Bertz CT molecular complexity index is 397. The molecule has 1 aliphatic heterocycles. The maximum absolute atomic E-state index is 10.5. The van der Waals surface area contributed by atoms with Gasteiger partial charge < -0.3 is 15.4 Å². The molecule has 0 saturated carbocycles. The van der Waals surface area contributed by atoms with E-state index in [1.54, 1.807) is 12.3 Å². The zero-order valence-electron chi connectivity index (χ0n) is 6.29. The topological polar surface area (TPSA) is 65.1 Å². The van der Waals surface area contributed by atoms with Crippen molar-refractivity contribution in [2.24, 2.45) is 0 Å². The molecule has 1 aromatic rings. The van der Waals surface area contributed by atoms with E-state index in [0.29, 0.717) is 0 Å². The molecule has 0 bridgehead atoms. The summed E-state index contributed by atoms with van der Waals surface area (Å²) >= 11 is 0. The first-order chi connectivity index (χ1) is 5.77. The van der Waals surface area contributed by atoms with E-state index in [9.17, 15) is 4.79 Å². The molecule has 0 fully saturated rings. The molecule has 0 aliphatic carbocycles. The number of rotatable bonds is 1. The Kier molecular flexibility index (Phi) is 1.40. The van der Waals surface area contributed by atoms with E-state index in [-0.39, 0.29) is 5.69 Å². The van der Waals surface area contributed by atoms with Crippen LogP contribution in [-0.4, -0.2) is 22.6 Å². The van der Waals surface area contributed by atoms with Gasteiger partial charge >= 0.3 is 5.97 Å². The van der Waals surface area contributed by atoms with Crippen molar-refractivity contribution in [3.8, 4) is 0 Å². The first-order valence-electron chi connectivity index (χ1n) is 3.63. The second kappa shape index (κ2) is 2.41. The second-order valence-corrected chi connectivity index (χ2v) is 2.61. The molecule has 0 amide bonds. The highest BCUT2D eigenvalue weighted by molar-refractivity contribution is 5.85. The van der Waals surface area contributed by atoms with Crippen LogP contribution in [-0.2, 0) is 0 Å². The predicted molar refractivity (Wildman–Crippen MR) is 43.9 cm³/mol. The van der Waals surface area contributed by atoms with Gasteiger partial charge in [0.2, 0.25) is 0 Å². The monoisotopic (exact) mass is 164 g/mol. The van der Waals surface area contributed by atoms with Crippen LogP contribution >= 0.6 is 0 Å². The molecule has 1 aliphatic rings. The first-order valence-corrected chi connectivity index (χ1v) is 3.63. The van der Waals surface area contributed by atoms with E-state index in [1.807, 2.05) is 6.08 Å². The molecular formula is C8H8N2O2. The molecule has 1 aromatic heterocycles. The van der Waals surface area contributed by atoms with Crippen LogP contribution in [0.3, 0.4) is 0 Å². The van der Waals surface area contributed by atoms with E-state index < -0.39 is 5.97 Å². The lowest BCUT2D eigenvalue weighted by molar-refractivity contribution is 0.0691.